The van der Waals surface area contributed by atoms with Crippen molar-refractivity contribution in [3.8, 4) is 11.6 Å². The van der Waals surface area contributed by atoms with Crippen molar-refractivity contribution in [3.05, 3.63) is 84.1 Å². The van der Waals surface area contributed by atoms with Gasteiger partial charge in [-0.2, -0.15) is 0 Å². The summed E-state index contributed by atoms with van der Waals surface area (Å²) in [6, 6.07) is 22.4. The van der Waals surface area contributed by atoms with Gasteiger partial charge in [-0.05, 0) is 42.2 Å². The van der Waals surface area contributed by atoms with Crippen LogP contribution in [-0.4, -0.2) is 4.98 Å². The lowest BCUT2D eigenvalue weighted by Crippen LogP contribution is -1.99. The van der Waals surface area contributed by atoms with Crippen molar-refractivity contribution in [2.45, 2.75) is 32.7 Å². The highest BCUT2D eigenvalue weighted by Crippen LogP contribution is 2.21. The van der Waals surface area contributed by atoms with E-state index < -0.39 is 0 Å². The minimum Gasteiger partial charge on any atom is -0.439 e. The molecule has 0 unspecified atom stereocenters. The number of hydrogen-bond acceptors (Lipinski definition) is 3. The van der Waals surface area contributed by atoms with Crippen LogP contribution in [0.15, 0.2) is 72.9 Å². The van der Waals surface area contributed by atoms with Crippen molar-refractivity contribution in [1.82, 2.24) is 4.98 Å². The smallest absolute Gasteiger partial charge is 0.219 e. The topological polar surface area (TPSA) is 34.1 Å². The second kappa shape index (κ2) is 8.88. The van der Waals surface area contributed by atoms with Gasteiger partial charge in [0.15, 0.2) is 0 Å². The van der Waals surface area contributed by atoms with E-state index in [2.05, 4.69) is 41.5 Å². The van der Waals surface area contributed by atoms with Gasteiger partial charge >= 0.3 is 0 Å². The Bertz CT molecular complexity index is 752. The minimum atomic E-state index is 0.603. The molecule has 0 amide bonds. The summed E-state index contributed by atoms with van der Waals surface area (Å²) >= 11 is 0. The third-order valence-electron chi connectivity index (χ3n) is 4.04. The van der Waals surface area contributed by atoms with Crippen molar-refractivity contribution in [3.63, 3.8) is 0 Å². The highest BCUT2D eigenvalue weighted by atomic mass is 16.5. The molecule has 0 aliphatic carbocycles. The third kappa shape index (κ3) is 5.35. The fraction of sp³-hybridized carbons (Fsp3) is 0.227. The van der Waals surface area contributed by atoms with Crippen LogP contribution >= 0.6 is 0 Å². The van der Waals surface area contributed by atoms with Crippen molar-refractivity contribution in [1.29, 1.82) is 0 Å². The number of benzene rings is 2. The van der Waals surface area contributed by atoms with E-state index >= 15 is 0 Å². The summed E-state index contributed by atoms with van der Waals surface area (Å²) in [4.78, 5) is 4.37. The number of aromatic nitrogens is 1. The highest BCUT2D eigenvalue weighted by Gasteiger charge is 2.01. The number of nitrogens with one attached hydrogen (secondary N) is 1. The molecular weight excluding hydrogens is 308 g/mol. The summed E-state index contributed by atoms with van der Waals surface area (Å²) in [6.07, 6.45) is 5.36. The predicted octanol–water partition coefficient (Wildman–Crippen LogP) is 5.83. The Morgan fingerprint density at radius 1 is 0.880 bits per heavy atom. The number of aryl methyl sites for hydroxylation is 1. The monoisotopic (exact) mass is 332 g/mol. The zero-order valence-corrected chi connectivity index (χ0v) is 14.6. The maximum Gasteiger partial charge on any atom is 0.219 e. The van der Waals surface area contributed by atoms with E-state index in [-0.39, 0.29) is 0 Å². The van der Waals surface area contributed by atoms with Crippen molar-refractivity contribution >= 4 is 5.69 Å². The summed E-state index contributed by atoms with van der Waals surface area (Å²) in [7, 11) is 0. The van der Waals surface area contributed by atoms with Crippen molar-refractivity contribution in [2.24, 2.45) is 0 Å². The molecule has 1 aromatic heterocycles. The highest BCUT2D eigenvalue weighted by molar-refractivity contribution is 5.43. The molecule has 1 N–H and O–H groups in total. The van der Waals surface area contributed by atoms with E-state index in [4.69, 9.17) is 4.74 Å². The Kier molecular flexibility index (Phi) is 6.05. The molecular formula is C22H24N2O. The van der Waals surface area contributed by atoms with Crippen LogP contribution in [0.3, 0.4) is 0 Å². The largest absolute Gasteiger partial charge is 0.439 e. The molecule has 25 heavy (non-hydrogen) atoms. The first-order chi connectivity index (χ1) is 12.3. The summed E-state index contributed by atoms with van der Waals surface area (Å²) in [5.74, 6) is 1.42. The number of unbranched alkanes of at least 4 members (excludes halogenated alkanes) is 1. The Labute approximate surface area is 149 Å². The normalized spacial score (nSPS) is 10.4. The number of pyridine rings is 1. The predicted molar refractivity (Wildman–Crippen MR) is 103 cm³/mol. The summed E-state index contributed by atoms with van der Waals surface area (Å²) in [6.45, 7) is 2.99. The zero-order valence-electron chi connectivity index (χ0n) is 14.6. The van der Waals surface area contributed by atoms with Gasteiger partial charge in [0.25, 0.3) is 0 Å². The minimum absolute atomic E-state index is 0.603. The van der Waals surface area contributed by atoms with E-state index in [1.807, 2.05) is 42.5 Å². The molecule has 128 valence electrons. The molecule has 3 rings (SSSR count). The molecule has 0 atom stereocenters. The molecule has 0 aliphatic rings. The molecule has 0 spiro atoms. The summed E-state index contributed by atoms with van der Waals surface area (Å²) in [5, 5.41) is 3.36. The third-order valence-corrected chi connectivity index (χ3v) is 4.04. The molecule has 0 saturated heterocycles. The van der Waals surface area contributed by atoms with Crippen LogP contribution in [0, 0.1) is 0 Å². The Hall–Kier alpha value is -2.81. The fourth-order valence-corrected chi connectivity index (χ4v) is 2.57. The number of nitrogens with zero attached hydrogens (tertiary/aromatic N) is 1. The van der Waals surface area contributed by atoms with Gasteiger partial charge in [-0.3, -0.25) is 0 Å². The van der Waals surface area contributed by atoms with Crippen LogP contribution in [0.1, 0.15) is 30.9 Å². The van der Waals surface area contributed by atoms with Crippen molar-refractivity contribution < 1.29 is 4.74 Å². The zero-order chi connectivity index (χ0) is 17.3. The van der Waals surface area contributed by atoms with Gasteiger partial charge in [-0.1, -0.05) is 55.8 Å². The fourth-order valence-electron chi connectivity index (χ4n) is 2.57. The number of ether oxygens (including phenoxy) is 1. The molecule has 0 aliphatic heterocycles. The lowest BCUT2D eigenvalue weighted by atomic mass is 10.1. The molecule has 3 nitrogen and oxygen atoms in total. The molecule has 0 fully saturated rings. The van der Waals surface area contributed by atoms with Gasteiger partial charge in [0, 0.05) is 12.6 Å². The van der Waals surface area contributed by atoms with Crippen LogP contribution in [0.5, 0.6) is 11.6 Å². The van der Waals surface area contributed by atoms with Gasteiger partial charge in [-0.15, -0.1) is 0 Å². The maximum atomic E-state index is 5.82. The van der Waals surface area contributed by atoms with Gasteiger partial charge in [0.1, 0.15) is 5.75 Å². The Morgan fingerprint density at radius 3 is 2.36 bits per heavy atom. The summed E-state index contributed by atoms with van der Waals surface area (Å²) < 4.78 is 5.82. The van der Waals surface area contributed by atoms with Gasteiger partial charge in [0.05, 0.1) is 11.9 Å². The molecule has 1 heterocycles. The van der Waals surface area contributed by atoms with Crippen molar-refractivity contribution in [2.75, 3.05) is 5.32 Å². The molecule has 2 aromatic carbocycles. The summed E-state index contributed by atoms with van der Waals surface area (Å²) in [5.41, 5.74) is 3.57. The van der Waals surface area contributed by atoms with E-state index in [1.54, 1.807) is 6.20 Å². The van der Waals surface area contributed by atoms with Crippen LogP contribution < -0.4 is 10.1 Å². The number of anilines is 1. The van der Waals surface area contributed by atoms with E-state index in [0.717, 1.165) is 24.4 Å². The van der Waals surface area contributed by atoms with Crippen LogP contribution in [0.2, 0.25) is 0 Å². The molecule has 3 aromatic rings. The van der Waals surface area contributed by atoms with Crippen LogP contribution in [0.25, 0.3) is 0 Å². The average molecular weight is 332 g/mol. The first-order valence-corrected chi connectivity index (χ1v) is 8.84. The Morgan fingerprint density at radius 2 is 1.68 bits per heavy atom. The molecule has 0 saturated carbocycles. The van der Waals surface area contributed by atoms with Gasteiger partial charge < -0.3 is 10.1 Å². The van der Waals surface area contributed by atoms with E-state index in [9.17, 15) is 0 Å². The second-order valence-corrected chi connectivity index (χ2v) is 6.07. The first-order valence-electron chi connectivity index (χ1n) is 8.84. The Balaban J connectivity index is 1.53. The lowest BCUT2D eigenvalue weighted by molar-refractivity contribution is 0.463. The second-order valence-electron chi connectivity index (χ2n) is 6.07. The van der Waals surface area contributed by atoms with Gasteiger partial charge in [0.2, 0.25) is 5.88 Å². The van der Waals surface area contributed by atoms with E-state index in [1.165, 1.54) is 24.0 Å². The quantitative estimate of drug-likeness (QED) is 0.563. The number of hydrogen-bond donors (Lipinski definition) is 1. The molecule has 0 radical (unpaired) electrons. The lowest BCUT2D eigenvalue weighted by Gasteiger charge is -2.08. The van der Waals surface area contributed by atoms with Gasteiger partial charge in [-0.25, -0.2) is 4.98 Å². The first kappa shape index (κ1) is 17.0. The standard InChI is InChI=1S/C22H24N2O/c1-2-3-7-18-10-13-21(14-11-18)25-22-15-12-20(17-24-22)23-16-19-8-5-4-6-9-19/h4-6,8-15,17,23H,2-3,7,16H2,1H3. The number of rotatable bonds is 8. The SMILES string of the molecule is CCCCc1ccc(Oc2ccc(NCc3ccccc3)cn2)cc1. The van der Waals surface area contributed by atoms with E-state index in [0.29, 0.717) is 5.88 Å². The van der Waals surface area contributed by atoms with Crippen LogP contribution in [0.4, 0.5) is 5.69 Å². The molecule has 3 heteroatoms. The average Bonchev–Trinajstić information content (AvgIpc) is 2.68. The molecule has 0 bridgehead atoms. The maximum absolute atomic E-state index is 5.82. The van der Waals surface area contributed by atoms with Crippen LogP contribution in [-0.2, 0) is 13.0 Å².